The van der Waals surface area contributed by atoms with Gasteiger partial charge in [-0.25, -0.2) is 9.59 Å². The summed E-state index contributed by atoms with van der Waals surface area (Å²) in [6, 6.07) is -1.80. The third-order valence-corrected chi connectivity index (χ3v) is 5.24. The van der Waals surface area contributed by atoms with E-state index in [1.54, 1.807) is 0 Å². The van der Waals surface area contributed by atoms with Crippen molar-refractivity contribution in [2.45, 2.75) is 57.4 Å². The van der Waals surface area contributed by atoms with E-state index in [0.717, 1.165) is 12.8 Å². The van der Waals surface area contributed by atoms with Crippen LogP contribution in [0.5, 0.6) is 0 Å². The number of hydrogen-bond donors (Lipinski definition) is 2. The third-order valence-electron chi connectivity index (χ3n) is 5.24. The van der Waals surface area contributed by atoms with Gasteiger partial charge >= 0.3 is 18.1 Å². The van der Waals surface area contributed by atoms with E-state index in [1.807, 2.05) is 11.8 Å². The quantitative estimate of drug-likeness (QED) is 0.471. The number of carbonyl (C=O) groups excluding carboxylic acids is 3. The Labute approximate surface area is 172 Å². The first-order valence-electron chi connectivity index (χ1n) is 9.91. The molecule has 1 saturated heterocycles. The van der Waals surface area contributed by atoms with Crippen LogP contribution < -0.4 is 11.1 Å². The summed E-state index contributed by atoms with van der Waals surface area (Å²) in [5.74, 6) is -4.01. The smallest absolute Gasteiger partial charge is 0.383 e. The summed E-state index contributed by atoms with van der Waals surface area (Å²) < 4.78 is 46.8. The number of nitrogens with one attached hydrogen (secondary N) is 1. The highest BCUT2D eigenvalue weighted by atomic mass is 19.4. The fourth-order valence-corrected chi connectivity index (χ4v) is 3.92. The number of halogens is 3. The van der Waals surface area contributed by atoms with Crippen molar-refractivity contribution in [3.05, 3.63) is 11.6 Å². The molecule has 0 aromatic rings. The van der Waals surface area contributed by atoms with E-state index in [1.165, 1.54) is 13.0 Å². The minimum Gasteiger partial charge on any atom is -0.383 e. The lowest BCUT2D eigenvalue weighted by atomic mass is 9.84. The summed E-state index contributed by atoms with van der Waals surface area (Å²) in [5, 5.41) is 2.78. The fourth-order valence-electron chi connectivity index (χ4n) is 3.92. The van der Waals surface area contributed by atoms with Crippen molar-refractivity contribution in [1.29, 1.82) is 0 Å². The average Bonchev–Trinajstić information content (AvgIpc) is 2.66. The predicted octanol–water partition coefficient (Wildman–Crippen LogP) is 0.898. The largest absolute Gasteiger partial charge is 0.491 e. The number of alkyl halides is 3. The first-order valence-corrected chi connectivity index (χ1v) is 9.91. The molecule has 30 heavy (non-hydrogen) atoms. The van der Waals surface area contributed by atoms with Crippen molar-refractivity contribution in [3.63, 3.8) is 0 Å². The van der Waals surface area contributed by atoms with Crippen LogP contribution in [-0.2, 0) is 23.9 Å². The van der Waals surface area contributed by atoms with Crippen molar-refractivity contribution in [1.82, 2.24) is 10.2 Å². The fraction of sp³-hybridized carbons (Fsp3) is 0.737. The van der Waals surface area contributed by atoms with Crippen LogP contribution in [0.25, 0.3) is 0 Å². The number of piperidine rings is 1. The number of rotatable bonds is 6. The van der Waals surface area contributed by atoms with Gasteiger partial charge in [0.25, 0.3) is 0 Å². The topological polar surface area (TPSA) is 111 Å². The van der Waals surface area contributed by atoms with Gasteiger partial charge in [-0.2, -0.15) is 13.2 Å². The summed E-state index contributed by atoms with van der Waals surface area (Å²) in [4.78, 5) is 36.9. The van der Waals surface area contributed by atoms with Gasteiger partial charge in [-0.3, -0.25) is 9.69 Å². The molecule has 1 aliphatic carbocycles. The van der Waals surface area contributed by atoms with Gasteiger partial charge in [0.1, 0.15) is 0 Å². The number of hydrogen-bond acceptors (Lipinski definition) is 7. The van der Waals surface area contributed by atoms with Crippen LogP contribution in [0.4, 0.5) is 13.2 Å². The Kier molecular flexibility index (Phi) is 8.39. The Balaban J connectivity index is 2.24. The van der Waals surface area contributed by atoms with Crippen LogP contribution in [0.1, 0.15) is 33.1 Å². The first kappa shape index (κ1) is 24.3. The number of amides is 1. The molecule has 0 aromatic carbocycles. The van der Waals surface area contributed by atoms with Gasteiger partial charge < -0.3 is 20.5 Å². The molecule has 1 fully saturated rings. The Morgan fingerprint density at radius 3 is 2.63 bits per heavy atom. The van der Waals surface area contributed by atoms with E-state index in [4.69, 9.17) is 10.5 Å². The number of nitrogens with zero attached hydrogens (tertiary/aromatic N) is 1. The van der Waals surface area contributed by atoms with Crippen LogP contribution in [0.2, 0.25) is 0 Å². The monoisotopic (exact) mass is 435 g/mol. The normalized spacial score (nSPS) is 27.9. The van der Waals surface area contributed by atoms with Crippen molar-refractivity contribution < 1.29 is 37.0 Å². The second-order valence-electron chi connectivity index (χ2n) is 7.61. The van der Waals surface area contributed by atoms with Crippen LogP contribution in [0, 0.1) is 5.92 Å². The second kappa shape index (κ2) is 10.4. The van der Waals surface area contributed by atoms with Crippen LogP contribution in [0.3, 0.4) is 0 Å². The minimum atomic E-state index is -5.27. The summed E-state index contributed by atoms with van der Waals surface area (Å²) in [6.07, 6.45) is -2.12. The number of ether oxygens (including phenoxy) is 2. The standard InChI is InChI=1S/C19H28F3N3O5/c1-3-29-10-12-5-4-6-25(9-12)15-8-13(7-14(23)16(15)24-11(2)26)17(27)30-18(28)19(20,21)22/h8,12,14-16H,3-7,9-10,23H2,1-2H3,(H,24,26)/t12-,14+,15-,16-/m1/s1. The van der Waals surface area contributed by atoms with E-state index in [-0.39, 0.29) is 23.8 Å². The highest BCUT2D eigenvalue weighted by Gasteiger charge is 2.44. The zero-order chi connectivity index (χ0) is 22.5. The summed E-state index contributed by atoms with van der Waals surface area (Å²) in [5.41, 5.74) is 6.05. The molecule has 0 aromatic heterocycles. The molecule has 0 spiro atoms. The lowest BCUT2D eigenvalue weighted by Gasteiger charge is -2.44. The van der Waals surface area contributed by atoms with Gasteiger partial charge in [0.2, 0.25) is 5.91 Å². The van der Waals surface area contributed by atoms with E-state index in [9.17, 15) is 27.6 Å². The molecule has 1 aliphatic heterocycles. The van der Waals surface area contributed by atoms with Crippen LogP contribution in [-0.4, -0.2) is 73.4 Å². The molecule has 2 rings (SSSR count). The molecule has 1 heterocycles. The Morgan fingerprint density at radius 1 is 1.33 bits per heavy atom. The van der Waals surface area contributed by atoms with Gasteiger partial charge in [-0.05, 0) is 38.6 Å². The SMILES string of the molecule is CCOC[C@@H]1CCCN([C@@H]2C=C(C(=O)OC(=O)C(F)(F)F)C[C@H](N)[C@H]2NC(C)=O)C1. The first-order chi connectivity index (χ1) is 14.0. The maximum atomic E-state index is 12.4. The second-order valence-corrected chi connectivity index (χ2v) is 7.61. The van der Waals surface area contributed by atoms with Gasteiger partial charge in [-0.1, -0.05) is 6.08 Å². The van der Waals surface area contributed by atoms with Crippen LogP contribution in [0.15, 0.2) is 11.6 Å². The van der Waals surface area contributed by atoms with Crippen molar-refractivity contribution in [2.24, 2.45) is 11.7 Å². The molecule has 4 atom stereocenters. The zero-order valence-electron chi connectivity index (χ0n) is 17.0. The summed E-state index contributed by atoms with van der Waals surface area (Å²) in [7, 11) is 0. The molecule has 0 saturated carbocycles. The molecule has 3 N–H and O–H groups in total. The maximum Gasteiger partial charge on any atom is 0.491 e. The van der Waals surface area contributed by atoms with E-state index < -0.39 is 36.2 Å². The summed E-state index contributed by atoms with van der Waals surface area (Å²) in [6.45, 7) is 5.67. The number of nitrogens with two attached hydrogens (primary N) is 1. The molecule has 1 amide bonds. The van der Waals surface area contributed by atoms with Crippen LogP contribution >= 0.6 is 0 Å². The number of carbonyl (C=O) groups is 3. The molecule has 0 radical (unpaired) electrons. The molecular formula is C19H28F3N3O5. The molecule has 2 aliphatic rings. The lowest BCUT2D eigenvalue weighted by Crippen LogP contribution is -2.62. The lowest BCUT2D eigenvalue weighted by molar-refractivity contribution is -0.200. The third kappa shape index (κ3) is 6.51. The number of esters is 2. The molecule has 8 nitrogen and oxygen atoms in total. The van der Waals surface area contributed by atoms with Gasteiger partial charge in [0.05, 0.1) is 18.7 Å². The average molecular weight is 435 g/mol. The highest BCUT2D eigenvalue weighted by Crippen LogP contribution is 2.28. The minimum absolute atomic E-state index is 0.112. The van der Waals surface area contributed by atoms with Gasteiger partial charge in [0, 0.05) is 31.7 Å². The predicted molar refractivity (Wildman–Crippen MR) is 100 cm³/mol. The van der Waals surface area contributed by atoms with E-state index in [2.05, 4.69) is 10.1 Å². The molecule has 11 heteroatoms. The number of likely N-dealkylation sites (tertiary alicyclic amines) is 1. The Bertz CT molecular complexity index is 683. The van der Waals surface area contributed by atoms with Crippen molar-refractivity contribution in [2.75, 3.05) is 26.3 Å². The summed E-state index contributed by atoms with van der Waals surface area (Å²) >= 11 is 0. The van der Waals surface area contributed by atoms with E-state index >= 15 is 0 Å². The van der Waals surface area contributed by atoms with Crippen molar-refractivity contribution >= 4 is 17.8 Å². The van der Waals surface area contributed by atoms with Gasteiger partial charge in [-0.15, -0.1) is 0 Å². The van der Waals surface area contributed by atoms with Gasteiger partial charge in [0.15, 0.2) is 0 Å². The van der Waals surface area contributed by atoms with E-state index in [0.29, 0.717) is 26.3 Å². The molecule has 170 valence electrons. The zero-order valence-corrected chi connectivity index (χ0v) is 17.0. The Morgan fingerprint density at radius 2 is 2.03 bits per heavy atom. The molecule has 0 bridgehead atoms. The molecule has 0 unspecified atom stereocenters. The highest BCUT2D eigenvalue weighted by molar-refractivity contribution is 5.98. The maximum absolute atomic E-state index is 12.4. The Hall–Kier alpha value is -1.98. The molecular weight excluding hydrogens is 407 g/mol. The van der Waals surface area contributed by atoms with Crippen molar-refractivity contribution in [3.8, 4) is 0 Å².